The number of amides is 3. The van der Waals surface area contributed by atoms with Crippen LogP contribution in [0.1, 0.15) is 23.6 Å². The average Bonchev–Trinajstić information content (AvgIpc) is 2.52. The standard InChI is InChI=1S/C15H20N2O3/c1-10-5-11(2)7-12(6-10)8-17-13(18)15(3,9-20-4)16-14(17)19/h5-7H,8-9H2,1-4H3,(H,16,19)/t15-/m1/s1. The average molecular weight is 276 g/mol. The minimum atomic E-state index is -0.968. The Morgan fingerprint density at radius 3 is 2.35 bits per heavy atom. The van der Waals surface area contributed by atoms with Gasteiger partial charge in [0, 0.05) is 7.11 Å². The molecule has 5 heteroatoms. The Labute approximate surface area is 118 Å². The summed E-state index contributed by atoms with van der Waals surface area (Å²) in [6.07, 6.45) is 0. The van der Waals surface area contributed by atoms with E-state index in [4.69, 9.17) is 4.74 Å². The number of carbonyl (C=O) groups excluding carboxylic acids is 2. The van der Waals surface area contributed by atoms with Crippen molar-refractivity contribution in [2.45, 2.75) is 32.9 Å². The quantitative estimate of drug-likeness (QED) is 0.852. The second-order valence-corrected chi connectivity index (χ2v) is 5.58. The summed E-state index contributed by atoms with van der Waals surface area (Å²) in [7, 11) is 1.51. The first-order valence-electron chi connectivity index (χ1n) is 6.56. The van der Waals surface area contributed by atoms with E-state index in [1.165, 1.54) is 12.0 Å². The Morgan fingerprint density at radius 2 is 1.80 bits per heavy atom. The molecule has 3 amide bonds. The Morgan fingerprint density at radius 1 is 1.20 bits per heavy atom. The number of nitrogens with one attached hydrogen (secondary N) is 1. The predicted octanol–water partition coefficient (Wildman–Crippen LogP) is 1.76. The fourth-order valence-corrected chi connectivity index (χ4v) is 2.62. The molecule has 0 bridgehead atoms. The molecule has 0 aromatic heterocycles. The number of hydrogen-bond acceptors (Lipinski definition) is 3. The first-order valence-corrected chi connectivity index (χ1v) is 6.56. The molecular formula is C15H20N2O3. The van der Waals surface area contributed by atoms with Crippen LogP contribution in [0.15, 0.2) is 18.2 Å². The molecule has 1 aromatic rings. The number of aryl methyl sites for hydroxylation is 2. The van der Waals surface area contributed by atoms with Crippen LogP contribution in [0.4, 0.5) is 4.79 Å². The lowest BCUT2D eigenvalue weighted by molar-refractivity contribution is -0.132. The van der Waals surface area contributed by atoms with Crippen LogP contribution in [0.3, 0.4) is 0 Å². The number of benzene rings is 1. The van der Waals surface area contributed by atoms with Gasteiger partial charge < -0.3 is 10.1 Å². The largest absolute Gasteiger partial charge is 0.382 e. The summed E-state index contributed by atoms with van der Waals surface area (Å²) in [5.41, 5.74) is 2.22. The number of imide groups is 1. The fraction of sp³-hybridized carbons (Fsp3) is 0.467. The molecule has 0 spiro atoms. The number of methoxy groups -OCH3 is 1. The zero-order valence-electron chi connectivity index (χ0n) is 12.3. The second-order valence-electron chi connectivity index (χ2n) is 5.58. The Hall–Kier alpha value is -1.88. The van der Waals surface area contributed by atoms with Crippen LogP contribution < -0.4 is 5.32 Å². The molecule has 1 N–H and O–H groups in total. The monoisotopic (exact) mass is 276 g/mol. The number of urea groups is 1. The summed E-state index contributed by atoms with van der Waals surface area (Å²) in [5, 5.41) is 2.69. The topological polar surface area (TPSA) is 58.6 Å². The maximum atomic E-state index is 12.4. The summed E-state index contributed by atoms with van der Waals surface area (Å²) >= 11 is 0. The molecule has 20 heavy (non-hydrogen) atoms. The van der Waals surface area contributed by atoms with E-state index in [0.717, 1.165) is 16.7 Å². The third-order valence-corrected chi connectivity index (χ3v) is 3.40. The molecule has 1 aliphatic heterocycles. The molecule has 2 rings (SSSR count). The second kappa shape index (κ2) is 5.25. The molecule has 0 unspecified atom stereocenters. The number of carbonyl (C=O) groups is 2. The third-order valence-electron chi connectivity index (χ3n) is 3.40. The van der Waals surface area contributed by atoms with E-state index in [1.807, 2.05) is 26.0 Å². The Kier molecular flexibility index (Phi) is 3.81. The summed E-state index contributed by atoms with van der Waals surface area (Å²) in [4.78, 5) is 25.6. The Bertz CT molecular complexity index is 536. The van der Waals surface area contributed by atoms with Crippen molar-refractivity contribution in [3.05, 3.63) is 34.9 Å². The van der Waals surface area contributed by atoms with E-state index in [-0.39, 0.29) is 25.1 Å². The van der Waals surface area contributed by atoms with Gasteiger partial charge in [-0.2, -0.15) is 0 Å². The normalized spacial score (nSPS) is 22.3. The van der Waals surface area contributed by atoms with Crippen LogP contribution in [0.2, 0.25) is 0 Å². The van der Waals surface area contributed by atoms with Gasteiger partial charge in [0.15, 0.2) is 0 Å². The van der Waals surface area contributed by atoms with Crippen molar-refractivity contribution in [3.8, 4) is 0 Å². The predicted molar refractivity (Wildman–Crippen MR) is 75.3 cm³/mol. The molecule has 1 aliphatic rings. The van der Waals surface area contributed by atoms with Crippen LogP contribution >= 0.6 is 0 Å². The molecule has 1 atom stereocenters. The number of hydrogen-bond donors (Lipinski definition) is 1. The smallest absolute Gasteiger partial charge is 0.325 e. The molecule has 108 valence electrons. The number of ether oxygens (including phenoxy) is 1. The van der Waals surface area contributed by atoms with E-state index in [0.29, 0.717) is 0 Å². The van der Waals surface area contributed by atoms with Gasteiger partial charge in [0.05, 0.1) is 13.2 Å². The third kappa shape index (κ3) is 2.67. The molecule has 1 heterocycles. The van der Waals surface area contributed by atoms with Gasteiger partial charge in [0.25, 0.3) is 5.91 Å². The van der Waals surface area contributed by atoms with Crippen LogP contribution in [-0.2, 0) is 16.1 Å². The van der Waals surface area contributed by atoms with Crippen molar-refractivity contribution in [3.63, 3.8) is 0 Å². The van der Waals surface area contributed by atoms with Gasteiger partial charge in [0.1, 0.15) is 5.54 Å². The zero-order chi connectivity index (χ0) is 14.9. The van der Waals surface area contributed by atoms with E-state index in [1.54, 1.807) is 6.92 Å². The van der Waals surface area contributed by atoms with Crippen molar-refractivity contribution in [2.24, 2.45) is 0 Å². The summed E-state index contributed by atoms with van der Waals surface area (Å²) in [6.45, 7) is 6.13. The molecule has 5 nitrogen and oxygen atoms in total. The first kappa shape index (κ1) is 14.5. The van der Waals surface area contributed by atoms with Crippen molar-refractivity contribution in [2.75, 3.05) is 13.7 Å². The SMILES string of the molecule is COC[C@@]1(C)NC(=O)N(Cc2cc(C)cc(C)c2)C1=O. The van der Waals surface area contributed by atoms with Gasteiger partial charge in [-0.05, 0) is 26.3 Å². The van der Waals surface area contributed by atoms with Crippen LogP contribution in [-0.4, -0.2) is 36.1 Å². The van der Waals surface area contributed by atoms with Gasteiger partial charge >= 0.3 is 6.03 Å². The van der Waals surface area contributed by atoms with E-state index >= 15 is 0 Å². The first-order chi connectivity index (χ1) is 9.35. The van der Waals surface area contributed by atoms with Gasteiger partial charge in [-0.1, -0.05) is 29.3 Å². The molecule has 0 saturated carbocycles. The molecule has 1 aromatic carbocycles. The van der Waals surface area contributed by atoms with Gasteiger partial charge in [-0.3, -0.25) is 9.69 Å². The lowest BCUT2D eigenvalue weighted by Crippen LogP contribution is -2.47. The summed E-state index contributed by atoms with van der Waals surface area (Å²) < 4.78 is 5.02. The van der Waals surface area contributed by atoms with Gasteiger partial charge in [-0.15, -0.1) is 0 Å². The highest BCUT2D eigenvalue weighted by atomic mass is 16.5. The van der Waals surface area contributed by atoms with Crippen molar-refractivity contribution in [1.82, 2.24) is 10.2 Å². The van der Waals surface area contributed by atoms with Gasteiger partial charge in [0.2, 0.25) is 0 Å². The molecule has 0 aliphatic carbocycles. The molecule has 0 radical (unpaired) electrons. The maximum Gasteiger partial charge on any atom is 0.325 e. The van der Waals surface area contributed by atoms with Crippen molar-refractivity contribution >= 4 is 11.9 Å². The Balaban J connectivity index is 2.21. The van der Waals surface area contributed by atoms with Crippen molar-refractivity contribution in [1.29, 1.82) is 0 Å². The van der Waals surface area contributed by atoms with Gasteiger partial charge in [-0.25, -0.2) is 4.79 Å². The number of rotatable bonds is 4. The van der Waals surface area contributed by atoms with Crippen molar-refractivity contribution < 1.29 is 14.3 Å². The maximum absolute atomic E-state index is 12.4. The van der Waals surface area contributed by atoms with E-state index in [2.05, 4.69) is 11.4 Å². The van der Waals surface area contributed by atoms with Crippen LogP contribution in [0.25, 0.3) is 0 Å². The summed E-state index contributed by atoms with van der Waals surface area (Å²) in [6, 6.07) is 5.66. The molecule has 1 fully saturated rings. The highest BCUT2D eigenvalue weighted by molar-refractivity contribution is 6.06. The lowest BCUT2D eigenvalue weighted by Gasteiger charge is -2.20. The van der Waals surface area contributed by atoms with E-state index < -0.39 is 5.54 Å². The fourth-order valence-electron chi connectivity index (χ4n) is 2.62. The summed E-state index contributed by atoms with van der Waals surface area (Å²) in [5.74, 6) is -0.247. The van der Waals surface area contributed by atoms with Crippen LogP contribution in [0.5, 0.6) is 0 Å². The lowest BCUT2D eigenvalue weighted by atomic mass is 10.0. The number of nitrogens with zero attached hydrogens (tertiary/aromatic N) is 1. The molecule has 1 saturated heterocycles. The highest BCUT2D eigenvalue weighted by Gasteiger charge is 2.47. The zero-order valence-corrected chi connectivity index (χ0v) is 12.3. The minimum Gasteiger partial charge on any atom is -0.382 e. The molecular weight excluding hydrogens is 256 g/mol. The highest BCUT2D eigenvalue weighted by Crippen LogP contribution is 2.21. The van der Waals surface area contributed by atoms with E-state index in [9.17, 15) is 9.59 Å². The van der Waals surface area contributed by atoms with Crippen LogP contribution in [0, 0.1) is 13.8 Å². The minimum absolute atomic E-state index is 0.168.